The van der Waals surface area contributed by atoms with Crippen molar-refractivity contribution < 1.29 is 116 Å². The number of hydrogen-bond donors (Lipinski definition) is 21. The Kier molecular flexibility index (Phi) is 42.2. The van der Waals surface area contributed by atoms with E-state index in [1.165, 1.54) is 4.90 Å². The summed E-state index contributed by atoms with van der Waals surface area (Å²) in [5.74, 6) is -23.0. The van der Waals surface area contributed by atoms with Crippen molar-refractivity contribution in [2.45, 2.75) is 190 Å². The Labute approximate surface area is 819 Å². The van der Waals surface area contributed by atoms with Crippen molar-refractivity contribution in [2.24, 2.45) is 22.6 Å². The van der Waals surface area contributed by atoms with Gasteiger partial charge in [-0.1, -0.05) is 121 Å². The Hall–Kier alpha value is -13.7. The Balaban J connectivity index is 1.09. The smallest absolute Gasteiger partial charge is 0.317 e. The van der Waals surface area contributed by atoms with E-state index in [4.69, 9.17) is 17.2 Å². The minimum absolute atomic E-state index is 0.00523. The van der Waals surface area contributed by atoms with Crippen LogP contribution in [0.25, 0.3) is 32.6 Å². The zero-order valence-corrected chi connectivity index (χ0v) is 80.6. The van der Waals surface area contributed by atoms with Gasteiger partial charge in [-0.2, -0.15) is 0 Å². The number of hydrogen-bond acceptors (Lipinski definition) is 27. The number of carboxylic acids is 3. The normalized spacial score (nSPS) is 21.0. The fourth-order valence-electron chi connectivity index (χ4n) is 16.7. The summed E-state index contributed by atoms with van der Waals surface area (Å²) in [6.45, 7) is 7.66. The van der Waals surface area contributed by atoms with Gasteiger partial charge >= 0.3 is 17.9 Å². The SMILES string of the molecule is CC(=O)N[C@@H](Cc1c[nH]c2ccccc12)C(=O)N[C@H](C(=O)N[C@@H](CC(C)(C)C)C(=O)N[C@H]1CSSC[C@@H](C(=O)N[C@@H](Cc2c[nH]c3ccccc23)C(=O)N2CCC[C@H]2C(N)=O)NC(=O)[C@H](CC(=O)O)NC(=O)[C@H](CCCCNC(=O)CN2CCN(CC(=O)O)CCN(CC=O)CCN(CC(=O)O)CC2)NC(=O)[C@H](Cc2ccc3ccccc3c2)NC(=O)[C@H](CC(N)=O)NC(=O)[C@H](CC(N)=O)NC1=O)[C@@H](C)O. The molecule has 3 aliphatic heterocycles. The molecule has 141 heavy (non-hydrogen) atoms. The summed E-state index contributed by atoms with van der Waals surface area (Å²) in [6.07, 6.45) is -2.39. The van der Waals surface area contributed by atoms with Crippen LogP contribution in [0.2, 0.25) is 0 Å². The van der Waals surface area contributed by atoms with Gasteiger partial charge in [-0.3, -0.25) is 111 Å². The number of benzene rings is 4. The lowest BCUT2D eigenvalue weighted by Crippen LogP contribution is -2.62. The van der Waals surface area contributed by atoms with Gasteiger partial charge in [0, 0.05) is 137 Å². The van der Waals surface area contributed by atoms with Gasteiger partial charge in [0.25, 0.3) is 0 Å². The molecule has 16 amide bonds. The van der Waals surface area contributed by atoms with Gasteiger partial charge in [-0.25, -0.2) is 0 Å². The monoisotopic (exact) mass is 2000 g/mol. The van der Waals surface area contributed by atoms with Crippen LogP contribution in [0.1, 0.15) is 109 Å². The number of unbranched alkanes of at least 4 members (excludes halogenated alkanes) is 1. The van der Waals surface area contributed by atoms with E-state index < -0.39 is 240 Å². The number of nitrogens with one attached hydrogen (secondary N) is 14. The first-order valence-electron chi connectivity index (χ1n) is 46.2. The molecule has 0 radical (unpaired) electrons. The lowest BCUT2D eigenvalue weighted by Gasteiger charge is -2.32. The first-order chi connectivity index (χ1) is 67.0. The number of amides is 16. The van der Waals surface area contributed by atoms with Crippen LogP contribution in [0.3, 0.4) is 0 Å². The molecule has 3 fully saturated rings. The zero-order valence-electron chi connectivity index (χ0n) is 78.9. The predicted molar refractivity (Wildman–Crippen MR) is 517 cm³/mol. The number of fused-ring (bicyclic) bond motifs is 3. The van der Waals surface area contributed by atoms with E-state index in [0.29, 0.717) is 78.2 Å². The fraction of sp³-hybridized carbons (Fsp3) is 0.505. The van der Waals surface area contributed by atoms with Crippen molar-refractivity contribution in [1.82, 2.24) is 98.3 Å². The standard InChI is InChI=1S/C93H126N22O24S2/c1-52(117)80(110-87(134)65(100-53(2)118)39-57-45-98-61-19-10-8-17-59(57)61)91(138)107-70(44-93(3,4)5)88(135)109-71-50-140-141-51-72(90(137)106-69(92(139)115-26-14-22-73(115)81(96)128)40-58-46-99-62-20-11-9-18-60(58)62)108-86(133)68(43-77(122)123)105-82(129)63(21-12-13-25-97-76(121)47-112-31-33-113(48-78(124)125)29-27-111(35-36-116)28-30-114(34-32-112)49-79(126)127)101-83(130)64(38-54-23-24-55-15-6-7-16-56(55)37-54)102-84(131)66(41-74(94)119)103-85(132)67(42-75(95)120)104-89(71)136/h6-11,15-20,23-24,36-37,45-46,52,63-73,80,98-99,117H,12-14,21-22,25-35,38-44,47-51H2,1-5H3,(H2,94,119)(H2,95,120)(H2,96,128)(H,97,121)(H,100,118)(H,101,130)(H,102,131)(H,103,132)(H,104,136)(H,105,129)(H,106,137)(H,107,138)(H,108,133)(H,109,135)(H,110,134)(H,122,123)(H,124,125)(H,126,127)/t52-,63+,64+,65+,66+,67+,68+,69+,70+,71+,72+,73+,80+/m1/s1. The number of para-hydroxylation sites is 2. The van der Waals surface area contributed by atoms with E-state index in [9.17, 15) is 73.2 Å². The third kappa shape index (κ3) is 35.3. The van der Waals surface area contributed by atoms with Crippen molar-refractivity contribution in [3.63, 3.8) is 0 Å². The number of aliphatic carboxylic acids is 3. The summed E-state index contributed by atoms with van der Waals surface area (Å²) < 4.78 is 0. The van der Waals surface area contributed by atoms with Crippen LogP contribution in [0.15, 0.2) is 103 Å². The van der Waals surface area contributed by atoms with E-state index in [1.54, 1.807) is 144 Å². The second-order valence-corrected chi connectivity index (χ2v) is 38.9. The summed E-state index contributed by atoms with van der Waals surface area (Å²) in [4.78, 5) is 296. The van der Waals surface area contributed by atoms with Crippen molar-refractivity contribution in [1.29, 1.82) is 0 Å². The second-order valence-electron chi connectivity index (χ2n) is 36.3. The maximum absolute atomic E-state index is 15.6. The summed E-state index contributed by atoms with van der Waals surface area (Å²) in [5.41, 5.74) is 19.2. The number of nitrogens with two attached hydrogens (primary N) is 3. The molecule has 5 heterocycles. The molecule has 0 saturated carbocycles. The highest BCUT2D eigenvalue weighted by molar-refractivity contribution is 8.76. The van der Waals surface area contributed by atoms with Crippen molar-refractivity contribution >= 4 is 173 Å². The summed E-state index contributed by atoms with van der Waals surface area (Å²) in [5, 5.41) is 74.7. The van der Waals surface area contributed by atoms with Crippen LogP contribution in [-0.2, 0) is 115 Å². The van der Waals surface area contributed by atoms with Crippen LogP contribution >= 0.6 is 21.6 Å². The Bertz CT molecular complexity index is 5490. The largest absolute Gasteiger partial charge is 0.481 e. The minimum atomic E-state index is -2.20. The lowest BCUT2D eigenvalue weighted by molar-refractivity contribution is -0.142. The van der Waals surface area contributed by atoms with Crippen LogP contribution in [0.5, 0.6) is 0 Å². The average molecular weight is 2000 g/mol. The Morgan fingerprint density at radius 2 is 1.03 bits per heavy atom. The van der Waals surface area contributed by atoms with Crippen molar-refractivity contribution in [3.8, 4) is 0 Å². The van der Waals surface area contributed by atoms with Gasteiger partial charge < -0.3 is 121 Å². The van der Waals surface area contributed by atoms with Gasteiger partial charge in [0.1, 0.15) is 78.8 Å². The van der Waals surface area contributed by atoms with Gasteiger partial charge in [-0.05, 0) is 90.5 Å². The van der Waals surface area contributed by atoms with E-state index in [0.717, 1.165) is 19.2 Å². The molecule has 48 heteroatoms. The molecule has 3 saturated heterocycles. The van der Waals surface area contributed by atoms with Gasteiger partial charge in [0.15, 0.2) is 0 Å². The fourth-order valence-corrected chi connectivity index (χ4v) is 19.0. The van der Waals surface area contributed by atoms with E-state index in [2.05, 4.69) is 73.8 Å². The molecule has 3 aliphatic rings. The number of aliphatic hydroxyl groups excluding tert-OH is 1. The lowest BCUT2D eigenvalue weighted by atomic mass is 9.87. The number of carbonyl (C=O) groups excluding carboxylic acids is 17. The highest BCUT2D eigenvalue weighted by Gasteiger charge is 2.43. The summed E-state index contributed by atoms with van der Waals surface area (Å²) in [6, 6.07) is 4.26. The molecule has 0 spiro atoms. The topological polar surface area (TPSA) is 693 Å². The molecule has 24 N–H and O–H groups in total. The quantitative estimate of drug-likeness (QED) is 0.00997. The summed E-state index contributed by atoms with van der Waals surface area (Å²) in [7, 11) is 1.36. The van der Waals surface area contributed by atoms with E-state index in [1.807, 2.05) is 0 Å². The molecular formula is C93H126N22O24S2. The minimum Gasteiger partial charge on any atom is -0.481 e. The van der Waals surface area contributed by atoms with Gasteiger partial charge in [-0.15, -0.1) is 0 Å². The third-order valence-corrected chi connectivity index (χ3v) is 26.3. The van der Waals surface area contributed by atoms with Crippen molar-refractivity contribution in [3.05, 3.63) is 120 Å². The first kappa shape index (κ1) is 111. The molecule has 9 rings (SSSR count). The summed E-state index contributed by atoms with van der Waals surface area (Å²) >= 11 is 0. The molecule has 0 aliphatic carbocycles. The number of carbonyl (C=O) groups is 20. The number of H-pyrrole nitrogens is 2. The van der Waals surface area contributed by atoms with E-state index >= 15 is 43.2 Å². The molecule has 46 nitrogen and oxygen atoms in total. The molecular weight excluding hydrogens is 1870 g/mol. The number of aldehydes is 1. The van der Waals surface area contributed by atoms with Crippen molar-refractivity contribution in [2.75, 3.05) is 103 Å². The first-order valence-corrected chi connectivity index (χ1v) is 48.7. The molecule has 4 aromatic carbocycles. The molecule has 0 unspecified atom stereocenters. The number of nitrogens with zero attached hydrogens (tertiary/aromatic N) is 5. The number of primary amides is 3. The van der Waals surface area contributed by atoms with Crippen LogP contribution in [0, 0.1) is 5.41 Å². The zero-order chi connectivity index (χ0) is 103. The number of rotatable bonds is 38. The maximum atomic E-state index is 15.6. The Morgan fingerprint density at radius 1 is 0.525 bits per heavy atom. The highest BCUT2D eigenvalue weighted by atomic mass is 33.1. The van der Waals surface area contributed by atoms with Crippen LogP contribution in [0.4, 0.5) is 0 Å². The average Bonchev–Trinajstić information content (AvgIpc) is 1.68. The number of likely N-dealkylation sites (tertiary alicyclic amines) is 1. The van der Waals surface area contributed by atoms with E-state index in [-0.39, 0.29) is 130 Å². The number of carboxylic acid groups (broad SMARTS) is 3. The number of aliphatic hydroxyl groups is 1. The second kappa shape index (κ2) is 53.6. The molecule has 0 bridgehead atoms. The molecule has 764 valence electrons. The number of aromatic amines is 2. The van der Waals surface area contributed by atoms with Crippen LogP contribution < -0.4 is 81.0 Å². The Morgan fingerprint density at radius 3 is 1.57 bits per heavy atom. The molecule has 2 aromatic heterocycles. The predicted octanol–water partition coefficient (Wildman–Crippen LogP) is -4.03. The highest BCUT2D eigenvalue weighted by Crippen LogP contribution is 2.29. The third-order valence-electron chi connectivity index (χ3n) is 23.9. The van der Waals surface area contributed by atoms with Crippen LogP contribution in [-0.4, -0.2) is 355 Å². The molecule has 13 atom stereocenters. The number of aromatic nitrogens is 2. The van der Waals surface area contributed by atoms with Gasteiger partial charge in [0.05, 0.1) is 51.5 Å². The van der Waals surface area contributed by atoms with Gasteiger partial charge in [0.2, 0.25) is 94.5 Å². The maximum Gasteiger partial charge on any atom is 0.317 e. The molecule has 6 aromatic rings.